The molecule has 5 rings (SSSR count). The monoisotopic (exact) mass is 444 g/mol. The second-order valence-corrected chi connectivity index (χ2v) is 7.82. The van der Waals surface area contributed by atoms with Crippen molar-refractivity contribution in [3.8, 4) is 11.5 Å². The summed E-state index contributed by atoms with van der Waals surface area (Å²) in [6.45, 7) is 0. The molecule has 3 aliphatic rings. The zero-order valence-corrected chi connectivity index (χ0v) is 17.4. The van der Waals surface area contributed by atoms with Crippen molar-refractivity contribution < 1.29 is 42.5 Å². The Morgan fingerprint density at radius 2 is 1.91 bits per heavy atom. The van der Waals surface area contributed by atoms with Crippen molar-refractivity contribution in [2.75, 3.05) is 14.2 Å². The Bertz CT molecular complexity index is 1210. The van der Waals surface area contributed by atoms with Crippen molar-refractivity contribution in [1.82, 2.24) is 0 Å². The molecule has 2 aliphatic heterocycles. The third-order valence-corrected chi connectivity index (χ3v) is 6.05. The van der Waals surface area contributed by atoms with Gasteiger partial charge in [0.15, 0.2) is 5.78 Å². The summed E-state index contributed by atoms with van der Waals surface area (Å²) in [5.41, 5.74) is 0.934. The minimum Gasteiger partial charge on any atom is -0.496 e. The lowest BCUT2D eigenvalue weighted by Crippen LogP contribution is -2.21. The number of fused-ring (bicyclic) bond motifs is 7. The summed E-state index contributed by atoms with van der Waals surface area (Å²) in [7, 11) is 2.73. The van der Waals surface area contributed by atoms with E-state index in [2.05, 4.69) is 4.74 Å². The number of ether oxygens (including phenoxy) is 5. The van der Waals surface area contributed by atoms with Crippen LogP contribution < -0.4 is 15.1 Å². The van der Waals surface area contributed by atoms with Crippen molar-refractivity contribution in [1.29, 1.82) is 0 Å². The number of Topliss-reactive ketones (excluding diaryl/α,β-unsaturated/α-hetero) is 1. The Morgan fingerprint density at radius 3 is 2.66 bits per heavy atom. The highest BCUT2D eigenvalue weighted by Crippen LogP contribution is 2.52. The lowest BCUT2D eigenvalue weighted by Gasteiger charge is -2.15. The van der Waals surface area contributed by atoms with Gasteiger partial charge in [0.1, 0.15) is 22.6 Å². The van der Waals surface area contributed by atoms with Crippen LogP contribution in [0.2, 0.25) is 0 Å². The Labute approximate surface area is 181 Å². The van der Waals surface area contributed by atoms with E-state index in [0.29, 0.717) is 40.0 Å². The molecular formula is C22H20O10. The quantitative estimate of drug-likeness (QED) is 0.499. The molecule has 1 fully saturated rings. The molecule has 3 atom stereocenters. The average Bonchev–Trinajstić information content (AvgIpc) is 3.43. The highest BCUT2D eigenvalue weighted by molar-refractivity contribution is 6.06. The fourth-order valence-electron chi connectivity index (χ4n) is 4.61. The number of hydrogen-bond acceptors (Lipinski definition) is 10. The lowest BCUT2D eigenvalue weighted by atomic mass is 9.93. The summed E-state index contributed by atoms with van der Waals surface area (Å²) >= 11 is 0. The van der Waals surface area contributed by atoms with Crippen LogP contribution in [0.4, 0.5) is 0 Å². The van der Waals surface area contributed by atoms with E-state index in [0.717, 1.165) is 0 Å². The molecule has 2 aromatic rings. The summed E-state index contributed by atoms with van der Waals surface area (Å²) in [5.74, 6) is -0.801. The molecule has 0 radical (unpaired) electrons. The fraction of sp³-hybridized carbons (Fsp3) is 0.455. The molecule has 3 unspecified atom stereocenters. The van der Waals surface area contributed by atoms with Gasteiger partial charge < -0.3 is 28.1 Å². The molecule has 1 aliphatic carbocycles. The van der Waals surface area contributed by atoms with Crippen LogP contribution in [0.3, 0.4) is 0 Å². The van der Waals surface area contributed by atoms with Crippen LogP contribution in [-0.4, -0.2) is 44.5 Å². The molecule has 10 heteroatoms. The molecule has 0 spiro atoms. The number of benzene rings is 1. The van der Waals surface area contributed by atoms with Gasteiger partial charge in [0.05, 0.1) is 38.4 Å². The van der Waals surface area contributed by atoms with Crippen molar-refractivity contribution in [3.63, 3.8) is 0 Å². The van der Waals surface area contributed by atoms with Crippen molar-refractivity contribution >= 4 is 28.7 Å². The van der Waals surface area contributed by atoms with Crippen LogP contribution in [0.25, 0.3) is 11.0 Å². The maximum absolute atomic E-state index is 12.6. The predicted octanol–water partition coefficient (Wildman–Crippen LogP) is 1.98. The summed E-state index contributed by atoms with van der Waals surface area (Å²) in [4.78, 5) is 48.0. The zero-order chi connectivity index (χ0) is 22.6. The van der Waals surface area contributed by atoms with Gasteiger partial charge in [-0.3, -0.25) is 14.4 Å². The van der Waals surface area contributed by atoms with E-state index in [1.54, 1.807) is 6.07 Å². The first-order chi connectivity index (χ1) is 15.4. The highest BCUT2D eigenvalue weighted by Gasteiger charge is 2.48. The van der Waals surface area contributed by atoms with E-state index >= 15 is 0 Å². The second-order valence-electron chi connectivity index (χ2n) is 7.82. The van der Waals surface area contributed by atoms with Crippen LogP contribution >= 0.6 is 0 Å². The maximum Gasteiger partial charge on any atom is 0.347 e. The van der Waals surface area contributed by atoms with Crippen molar-refractivity contribution in [2.45, 2.75) is 50.6 Å². The first-order valence-electron chi connectivity index (χ1n) is 10.2. The summed E-state index contributed by atoms with van der Waals surface area (Å²) in [6.07, 6.45) is -0.876. The number of carbonyl (C=O) groups is 3. The van der Waals surface area contributed by atoms with Gasteiger partial charge in [-0.05, 0) is 12.0 Å². The van der Waals surface area contributed by atoms with Gasteiger partial charge in [-0.15, -0.1) is 0 Å². The van der Waals surface area contributed by atoms with E-state index in [-0.39, 0.29) is 42.9 Å². The number of ketones is 1. The topological polar surface area (TPSA) is 128 Å². The van der Waals surface area contributed by atoms with Gasteiger partial charge in [-0.1, -0.05) is 0 Å². The predicted molar refractivity (Wildman–Crippen MR) is 106 cm³/mol. The first kappa shape index (κ1) is 20.5. The first-order valence-corrected chi connectivity index (χ1v) is 10.2. The normalized spacial score (nSPS) is 22.8. The van der Waals surface area contributed by atoms with Crippen molar-refractivity contribution in [2.24, 2.45) is 0 Å². The van der Waals surface area contributed by atoms with Crippen LogP contribution in [0.15, 0.2) is 15.3 Å². The Hall–Kier alpha value is -3.40. The van der Waals surface area contributed by atoms with Gasteiger partial charge in [-0.2, -0.15) is 0 Å². The molecular weight excluding hydrogens is 424 g/mol. The van der Waals surface area contributed by atoms with Gasteiger partial charge in [-0.25, -0.2) is 4.79 Å². The molecule has 1 aromatic heterocycles. The van der Waals surface area contributed by atoms with Gasteiger partial charge in [0, 0.05) is 24.5 Å². The van der Waals surface area contributed by atoms with Crippen molar-refractivity contribution in [3.05, 3.63) is 33.2 Å². The number of rotatable bonds is 5. The second kappa shape index (κ2) is 7.63. The molecule has 0 saturated carbocycles. The number of hydrogen-bond donors (Lipinski definition) is 0. The average molecular weight is 444 g/mol. The van der Waals surface area contributed by atoms with E-state index in [1.165, 1.54) is 14.2 Å². The minimum atomic E-state index is -0.872. The van der Waals surface area contributed by atoms with Crippen LogP contribution in [0, 0.1) is 0 Å². The SMILES string of the molecule is COC(=O)CCC(=O)OC1CC2c3c(cc(OC)c4c5c(c(=O)oc34)C(=O)CC5)OC2O1. The summed E-state index contributed by atoms with van der Waals surface area (Å²) in [6, 6.07) is 1.69. The number of esters is 2. The third kappa shape index (κ3) is 3.13. The van der Waals surface area contributed by atoms with Crippen LogP contribution in [-0.2, 0) is 30.2 Å². The molecule has 0 N–H and O–H groups in total. The number of carbonyl (C=O) groups excluding carboxylic acids is 3. The molecule has 1 aromatic carbocycles. The molecule has 1 saturated heterocycles. The van der Waals surface area contributed by atoms with Gasteiger partial charge in [0.25, 0.3) is 0 Å². The standard InChI is InChI=1S/C22H20O10/c1-27-12-8-13-19(20-18(12)9-3-4-11(23)17(9)21(26)32-20)10-7-16(31-22(10)29-13)30-15(25)6-5-14(24)28-2/h8,10,16,22H,3-7H2,1-2H3. The van der Waals surface area contributed by atoms with Crippen LogP contribution in [0.5, 0.6) is 11.5 Å². The Kier molecular flexibility index (Phi) is 4.89. The number of aryl methyl sites for hydroxylation is 1. The summed E-state index contributed by atoms with van der Waals surface area (Å²) in [5, 5.41) is 0.578. The largest absolute Gasteiger partial charge is 0.496 e. The minimum absolute atomic E-state index is 0.0753. The van der Waals surface area contributed by atoms with Gasteiger partial charge in [0.2, 0.25) is 12.6 Å². The molecule has 32 heavy (non-hydrogen) atoms. The maximum atomic E-state index is 12.6. The van der Waals surface area contributed by atoms with E-state index < -0.39 is 30.1 Å². The third-order valence-electron chi connectivity index (χ3n) is 6.05. The van der Waals surface area contributed by atoms with Crippen LogP contribution in [0.1, 0.15) is 53.1 Å². The fourth-order valence-corrected chi connectivity index (χ4v) is 4.61. The molecule has 3 heterocycles. The number of methoxy groups -OCH3 is 2. The molecule has 10 nitrogen and oxygen atoms in total. The molecule has 168 valence electrons. The highest BCUT2D eigenvalue weighted by atomic mass is 16.8. The molecule has 0 amide bonds. The Balaban J connectivity index is 1.47. The Morgan fingerprint density at radius 1 is 1.12 bits per heavy atom. The lowest BCUT2D eigenvalue weighted by molar-refractivity contribution is -0.191. The molecule has 0 bridgehead atoms. The van der Waals surface area contributed by atoms with E-state index in [1.807, 2.05) is 0 Å². The smallest absolute Gasteiger partial charge is 0.347 e. The zero-order valence-electron chi connectivity index (χ0n) is 17.4. The summed E-state index contributed by atoms with van der Waals surface area (Å²) < 4.78 is 32.6. The van der Waals surface area contributed by atoms with E-state index in [4.69, 9.17) is 23.4 Å². The van der Waals surface area contributed by atoms with E-state index in [9.17, 15) is 19.2 Å². The van der Waals surface area contributed by atoms with Gasteiger partial charge >= 0.3 is 17.6 Å².